The van der Waals surface area contributed by atoms with Crippen LogP contribution in [0.15, 0.2) is 54.9 Å². The van der Waals surface area contributed by atoms with E-state index in [2.05, 4.69) is 50.1 Å². The van der Waals surface area contributed by atoms with Crippen molar-refractivity contribution in [2.75, 3.05) is 26.2 Å². The third-order valence-corrected chi connectivity index (χ3v) is 4.53. The third kappa shape index (κ3) is 3.19. The number of nitrogens with one attached hydrogen (secondary N) is 1. The van der Waals surface area contributed by atoms with E-state index in [0.29, 0.717) is 6.54 Å². The van der Waals surface area contributed by atoms with Crippen LogP contribution >= 0.6 is 0 Å². The predicted octanol–water partition coefficient (Wildman–Crippen LogP) is 1.79. The largest absolute Gasteiger partial charge is 0.390 e. The molecule has 0 spiro atoms. The second kappa shape index (κ2) is 6.73. The molecule has 5 nitrogen and oxygen atoms in total. The number of aliphatic hydroxyl groups is 1. The number of para-hydroxylation sites is 2. The minimum absolute atomic E-state index is 0.288. The molecule has 2 N–H and O–H groups in total. The van der Waals surface area contributed by atoms with Crippen molar-refractivity contribution in [2.45, 2.75) is 12.6 Å². The molecule has 1 unspecified atom stereocenters. The highest BCUT2D eigenvalue weighted by Crippen LogP contribution is 2.18. The Hall–Kier alpha value is -2.21. The van der Waals surface area contributed by atoms with E-state index in [1.54, 1.807) is 0 Å². The monoisotopic (exact) mass is 322 g/mol. The molecule has 1 fully saturated rings. The zero-order valence-corrected chi connectivity index (χ0v) is 13.6. The SMILES string of the molecule is OC1CNCCN(Cc2ccc(-n3cnc4ccccc43)cc2)C1. The minimum Gasteiger partial charge on any atom is -0.390 e. The average Bonchev–Trinajstić information content (AvgIpc) is 2.93. The number of β-amino-alcohol motifs (C(OH)–C–C–N with tert-alkyl or cyclic N) is 1. The molecule has 0 amide bonds. The van der Waals surface area contributed by atoms with Gasteiger partial charge < -0.3 is 10.4 Å². The standard InChI is InChI=1S/C19H22N4O/c24-17-11-20-9-10-22(13-17)12-15-5-7-16(8-6-15)23-14-21-18-3-1-2-4-19(18)23/h1-8,14,17,20,24H,9-13H2. The Morgan fingerprint density at radius 3 is 2.83 bits per heavy atom. The van der Waals surface area contributed by atoms with E-state index in [0.717, 1.165) is 42.9 Å². The molecule has 1 saturated heterocycles. The van der Waals surface area contributed by atoms with Gasteiger partial charge in [-0.1, -0.05) is 24.3 Å². The van der Waals surface area contributed by atoms with Gasteiger partial charge in [0.05, 0.1) is 17.1 Å². The van der Waals surface area contributed by atoms with Crippen molar-refractivity contribution < 1.29 is 5.11 Å². The van der Waals surface area contributed by atoms with Crippen LogP contribution in [0.5, 0.6) is 0 Å². The first kappa shape index (κ1) is 15.3. The summed E-state index contributed by atoms with van der Waals surface area (Å²) < 4.78 is 2.11. The van der Waals surface area contributed by atoms with E-state index in [1.807, 2.05) is 24.5 Å². The van der Waals surface area contributed by atoms with E-state index >= 15 is 0 Å². The summed E-state index contributed by atoms with van der Waals surface area (Å²) in [6.45, 7) is 4.16. The van der Waals surface area contributed by atoms with Crippen LogP contribution in [0.2, 0.25) is 0 Å². The Kier molecular flexibility index (Phi) is 4.30. The van der Waals surface area contributed by atoms with Crippen LogP contribution in [0, 0.1) is 0 Å². The van der Waals surface area contributed by atoms with E-state index < -0.39 is 0 Å². The van der Waals surface area contributed by atoms with E-state index in [1.165, 1.54) is 5.56 Å². The smallest absolute Gasteiger partial charge is 0.100 e. The Balaban J connectivity index is 1.52. The number of rotatable bonds is 3. The maximum Gasteiger partial charge on any atom is 0.100 e. The molecule has 0 radical (unpaired) electrons. The summed E-state index contributed by atoms with van der Waals surface area (Å²) in [5.41, 5.74) is 4.50. The van der Waals surface area contributed by atoms with Gasteiger partial charge in [-0.3, -0.25) is 9.47 Å². The zero-order valence-electron chi connectivity index (χ0n) is 13.6. The fourth-order valence-corrected chi connectivity index (χ4v) is 3.29. The van der Waals surface area contributed by atoms with Gasteiger partial charge in [-0.25, -0.2) is 4.98 Å². The number of hydrogen-bond donors (Lipinski definition) is 2. The van der Waals surface area contributed by atoms with E-state index in [4.69, 9.17) is 0 Å². The van der Waals surface area contributed by atoms with Crippen molar-refractivity contribution >= 4 is 11.0 Å². The van der Waals surface area contributed by atoms with Gasteiger partial charge in [0, 0.05) is 38.4 Å². The number of nitrogens with zero attached hydrogens (tertiary/aromatic N) is 3. The molecule has 3 aromatic rings. The average molecular weight is 322 g/mol. The van der Waals surface area contributed by atoms with Gasteiger partial charge in [-0.05, 0) is 29.8 Å². The summed E-state index contributed by atoms with van der Waals surface area (Å²) in [6, 6.07) is 16.7. The van der Waals surface area contributed by atoms with Gasteiger partial charge in [0.2, 0.25) is 0 Å². The number of benzene rings is 2. The van der Waals surface area contributed by atoms with Crippen LogP contribution in [0.25, 0.3) is 16.7 Å². The Bertz CT molecular complexity index is 812. The first-order chi connectivity index (χ1) is 11.8. The third-order valence-electron chi connectivity index (χ3n) is 4.53. The van der Waals surface area contributed by atoms with E-state index in [-0.39, 0.29) is 6.10 Å². The fourth-order valence-electron chi connectivity index (χ4n) is 3.29. The van der Waals surface area contributed by atoms with Gasteiger partial charge in [0.1, 0.15) is 6.33 Å². The summed E-state index contributed by atoms with van der Waals surface area (Å²) in [5, 5.41) is 13.1. The molecule has 1 aliphatic rings. The fraction of sp³-hybridized carbons (Fsp3) is 0.316. The first-order valence-corrected chi connectivity index (χ1v) is 8.42. The van der Waals surface area contributed by atoms with Gasteiger partial charge in [0.15, 0.2) is 0 Å². The summed E-state index contributed by atoms with van der Waals surface area (Å²) >= 11 is 0. The highest BCUT2D eigenvalue weighted by atomic mass is 16.3. The zero-order chi connectivity index (χ0) is 16.4. The number of aliphatic hydroxyl groups excluding tert-OH is 1. The lowest BCUT2D eigenvalue weighted by molar-refractivity contribution is 0.127. The van der Waals surface area contributed by atoms with Crippen LogP contribution < -0.4 is 5.32 Å². The summed E-state index contributed by atoms with van der Waals surface area (Å²) in [6.07, 6.45) is 1.58. The molecule has 1 atom stereocenters. The molecule has 0 aliphatic carbocycles. The second-order valence-corrected chi connectivity index (χ2v) is 6.36. The van der Waals surface area contributed by atoms with Gasteiger partial charge >= 0.3 is 0 Å². The highest BCUT2D eigenvalue weighted by molar-refractivity contribution is 5.77. The highest BCUT2D eigenvalue weighted by Gasteiger charge is 2.15. The van der Waals surface area contributed by atoms with Crippen molar-refractivity contribution in [3.05, 3.63) is 60.4 Å². The van der Waals surface area contributed by atoms with Crippen molar-refractivity contribution in [2.24, 2.45) is 0 Å². The predicted molar refractivity (Wildman–Crippen MR) is 95.2 cm³/mol. The van der Waals surface area contributed by atoms with Crippen molar-refractivity contribution in [3.8, 4) is 5.69 Å². The molecule has 2 aromatic carbocycles. The lowest BCUT2D eigenvalue weighted by atomic mass is 10.2. The van der Waals surface area contributed by atoms with Crippen LogP contribution in [-0.4, -0.2) is 51.8 Å². The summed E-state index contributed by atoms with van der Waals surface area (Å²) in [7, 11) is 0. The molecule has 124 valence electrons. The summed E-state index contributed by atoms with van der Waals surface area (Å²) in [4.78, 5) is 6.75. The lowest BCUT2D eigenvalue weighted by Crippen LogP contribution is -2.32. The number of imidazole rings is 1. The quantitative estimate of drug-likeness (QED) is 0.772. The normalized spacial score (nSPS) is 19.5. The Labute approximate surface area is 141 Å². The lowest BCUT2D eigenvalue weighted by Gasteiger charge is -2.21. The molecule has 1 aliphatic heterocycles. The van der Waals surface area contributed by atoms with Crippen LogP contribution in [0.3, 0.4) is 0 Å². The molecule has 2 heterocycles. The number of fused-ring (bicyclic) bond motifs is 1. The van der Waals surface area contributed by atoms with Gasteiger partial charge in [-0.15, -0.1) is 0 Å². The molecule has 0 saturated carbocycles. The molecule has 1 aromatic heterocycles. The Morgan fingerprint density at radius 1 is 1.12 bits per heavy atom. The molecule has 4 rings (SSSR count). The Morgan fingerprint density at radius 2 is 1.96 bits per heavy atom. The van der Waals surface area contributed by atoms with Crippen molar-refractivity contribution in [3.63, 3.8) is 0 Å². The minimum atomic E-state index is -0.288. The molecule has 5 heteroatoms. The maximum absolute atomic E-state index is 9.89. The molecule has 0 bridgehead atoms. The van der Waals surface area contributed by atoms with Crippen molar-refractivity contribution in [1.82, 2.24) is 19.8 Å². The van der Waals surface area contributed by atoms with Crippen LogP contribution in [-0.2, 0) is 6.54 Å². The van der Waals surface area contributed by atoms with Crippen LogP contribution in [0.4, 0.5) is 0 Å². The number of aromatic nitrogens is 2. The maximum atomic E-state index is 9.89. The van der Waals surface area contributed by atoms with Gasteiger partial charge in [-0.2, -0.15) is 0 Å². The summed E-state index contributed by atoms with van der Waals surface area (Å²) in [5.74, 6) is 0. The van der Waals surface area contributed by atoms with E-state index in [9.17, 15) is 5.11 Å². The molecular formula is C19H22N4O. The molecular weight excluding hydrogens is 300 g/mol. The number of hydrogen-bond acceptors (Lipinski definition) is 4. The molecule has 24 heavy (non-hydrogen) atoms. The van der Waals surface area contributed by atoms with Crippen molar-refractivity contribution in [1.29, 1.82) is 0 Å². The first-order valence-electron chi connectivity index (χ1n) is 8.42. The van der Waals surface area contributed by atoms with Crippen LogP contribution in [0.1, 0.15) is 5.56 Å². The van der Waals surface area contributed by atoms with Gasteiger partial charge in [0.25, 0.3) is 0 Å². The topological polar surface area (TPSA) is 53.3 Å². The second-order valence-electron chi connectivity index (χ2n) is 6.36.